The number of nitrogens with zero attached hydrogens (tertiary/aromatic N) is 1. The van der Waals surface area contributed by atoms with Gasteiger partial charge in [-0.1, -0.05) is 72.8 Å². The van der Waals surface area contributed by atoms with Crippen LogP contribution in [0.3, 0.4) is 0 Å². The lowest BCUT2D eigenvalue weighted by Gasteiger charge is -2.37. The molecule has 1 atom stereocenters. The van der Waals surface area contributed by atoms with Gasteiger partial charge in [-0.15, -0.1) is 0 Å². The standard InChI is InChI=1S/C23H23NO2/c25-23(26)19-13-15-24(16-14-19)22(18-8-2-1-3-9-18)21-12-6-10-17-7-4-5-11-20(17)21/h1-12,19,22H,13-16H2,(H,25,26). The Labute approximate surface area is 153 Å². The highest BCUT2D eigenvalue weighted by molar-refractivity contribution is 5.86. The van der Waals surface area contributed by atoms with Gasteiger partial charge in [0.1, 0.15) is 0 Å². The SMILES string of the molecule is O=C(O)C1CCN(C(c2ccccc2)c2cccc3ccccc23)CC1. The smallest absolute Gasteiger partial charge is 0.306 e. The lowest BCUT2D eigenvalue weighted by Crippen LogP contribution is -2.39. The fourth-order valence-electron chi connectivity index (χ4n) is 4.12. The van der Waals surface area contributed by atoms with Crippen LogP contribution in [-0.2, 0) is 4.79 Å². The molecule has 1 aliphatic heterocycles. The molecule has 0 amide bonds. The van der Waals surface area contributed by atoms with Crippen LogP contribution in [0.4, 0.5) is 0 Å². The van der Waals surface area contributed by atoms with E-state index in [9.17, 15) is 9.90 Å². The molecule has 0 radical (unpaired) electrons. The Bertz CT molecular complexity index is 893. The van der Waals surface area contributed by atoms with Gasteiger partial charge in [-0.25, -0.2) is 0 Å². The summed E-state index contributed by atoms with van der Waals surface area (Å²) in [6, 6.07) is 25.7. The second-order valence-corrected chi connectivity index (χ2v) is 7.03. The number of fused-ring (bicyclic) bond motifs is 1. The molecule has 1 saturated heterocycles. The fourth-order valence-corrected chi connectivity index (χ4v) is 4.12. The summed E-state index contributed by atoms with van der Waals surface area (Å²) < 4.78 is 0. The van der Waals surface area contributed by atoms with Crippen molar-refractivity contribution in [3.8, 4) is 0 Å². The Morgan fingerprint density at radius 2 is 1.54 bits per heavy atom. The van der Waals surface area contributed by atoms with Gasteiger partial charge in [0.05, 0.1) is 12.0 Å². The van der Waals surface area contributed by atoms with Gasteiger partial charge in [0.15, 0.2) is 0 Å². The first-order valence-electron chi connectivity index (χ1n) is 9.23. The van der Waals surface area contributed by atoms with E-state index < -0.39 is 5.97 Å². The minimum Gasteiger partial charge on any atom is -0.481 e. The summed E-state index contributed by atoms with van der Waals surface area (Å²) in [7, 11) is 0. The number of piperidine rings is 1. The highest BCUT2D eigenvalue weighted by Gasteiger charge is 2.30. The summed E-state index contributed by atoms with van der Waals surface area (Å²) in [6.45, 7) is 1.61. The monoisotopic (exact) mass is 345 g/mol. The van der Waals surface area contributed by atoms with E-state index in [0.717, 1.165) is 13.1 Å². The average Bonchev–Trinajstić information content (AvgIpc) is 2.70. The summed E-state index contributed by atoms with van der Waals surface area (Å²) in [6.07, 6.45) is 1.42. The Morgan fingerprint density at radius 3 is 2.27 bits per heavy atom. The first kappa shape index (κ1) is 16.8. The Kier molecular flexibility index (Phi) is 4.72. The molecule has 0 bridgehead atoms. The molecule has 26 heavy (non-hydrogen) atoms. The van der Waals surface area contributed by atoms with E-state index in [-0.39, 0.29) is 12.0 Å². The van der Waals surface area contributed by atoms with Crippen molar-refractivity contribution < 1.29 is 9.90 Å². The number of aliphatic carboxylic acids is 1. The third-order valence-corrected chi connectivity index (χ3v) is 5.48. The van der Waals surface area contributed by atoms with Crippen LogP contribution in [0.2, 0.25) is 0 Å². The molecule has 3 nitrogen and oxygen atoms in total. The van der Waals surface area contributed by atoms with Gasteiger partial charge in [-0.05, 0) is 47.8 Å². The largest absolute Gasteiger partial charge is 0.481 e. The average molecular weight is 345 g/mol. The van der Waals surface area contributed by atoms with Crippen molar-refractivity contribution in [3.63, 3.8) is 0 Å². The van der Waals surface area contributed by atoms with Crippen LogP contribution < -0.4 is 0 Å². The molecule has 3 aromatic carbocycles. The number of carbonyl (C=O) groups is 1. The molecule has 4 rings (SSSR count). The quantitative estimate of drug-likeness (QED) is 0.743. The van der Waals surface area contributed by atoms with Crippen molar-refractivity contribution in [1.82, 2.24) is 4.90 Å². The van der Waals surface area contributed by atoms with Crippen LogP contribution in [0.25, 0.3) is 10.8 Å². The highest BCUT2D eigenvalue weighted by Crippen LogP contribution is 2.36. The van der Waals surface area contributed by atoms with Crippen LogP contribution in [0.5, 0.6) is 0 Å². The predicted octanol–water partition coefficient (Wildman–Crippen LogP) is 4.73. The van der Waals surface area contributed by atoms with Crippen molar-refractivity contribution in [2.75, 3.05) is 13.1 Å². The van der Waals surface area contributed by atoms with Gasteiger partial charge in [-0.2, -0.15) is 0 Å². The van der Waals surface area contributed by atoms with Crippen molar-refractivity contribution in [1.29, 1.82) is 0 Å². The molecule has 0 aliphatic carbocycles. The highest BCUT2D eigenvalue weighted by atomic mass is 16.4. The van der Waals surface area contributed by atoms with Gasteiger partial charge in [0.25, 0.3) is 0 Å². The first-order valence-corrected chi connectivity index (χ1v) is 9.23. The molecule has 1 aliphatic rings. The van der Waals surface area contributed by atoms with Crippen molar-refractivity contribution >= 4 is 16.7 Å². The number of carboxylic acids is 1. The number of hydrogen-bond acceptors (Lipinski definition) is 2. The topological polar surface area (TPSA) is 40.5 Å². The van der Waals surface area contributed by atoms with Gasteiger partial charge >= 0.3 is 5.97 Å². The van der Waals surface area contributed by atoms with Gasteiger partial charge in [0.2, 0.25) is 0 Å². The summed E-state index contributed by atoms with van der Waals surface area (Å²) in [5.41, 5.74) is 2.56. The van der Waals surface area contributed by atoms with Gasteiger partial charge in [0, 0.05) is 0 Å². The molecule has 0 aromatic heterocycles. The molecule has 3 heteroatoms. The van der Waals surface area contributed by atoms with Crippen LogP contribution in [0.15, 0.2) is 72.8 Å². The van der Waals surface area contributed by atoms with Crippen molar-refractivity contribution in [3.05, 3.63) is 83.9 Å². The third-order valence-electron chi connectivity index (χ3n) is 5.48. The first-order chi connectivity index (χ1) is 12.7. The van der Waals surface area contributed by atoms with E-state index in [2.05, 4.69) is 71.6 Å². The van der Waals surface area contributed by atoms with E-state index in [1.807, 2.05) is 6.07 Å². The molecule has 1 heterocycles. The molecule has 1 N–H and O–H groups in total. The number of carboxylic acid groups (broad SMARTS) is 1. The number of benzene rings is 3. The normalized spacial score (nSPS) is 17.2. The number of likely N-dealkylation sites (tertiary alicyclic amines) is 1. The molecule has 3 aromatic rings. The Morgan fingerprint density at radius 1 is 0.885 bits per heavy atom. The second-order valence-electron chi connectivity index (χ2n) is 7.03. The van der Waals surface area contributed by atoms with E-state index in [1.165, 1.54) is 21.9 Å². The molecular weight excluding hydrogens is 322 g/mol. The second kappa shape index (κ2) is 7.30. The van der Waals surface area contributed by atoms with E-state index in [4.69, 9.17) is 0 Å². The van der Waals surface area contributed by atoms with Crippen LogP contribution in [0.1, 0.15) is 30.0 Å². The lowest BCUT2D eigenvalue weighted by molar-refractivity contribution is -0.143. The summed E-state index contributed by atoms with van der Waals surface area (Å²) >= 11 is 0. The predicted molar refractivity (Wildman–Crippen MR) is 104 cm³/mol. The van der Waals surface area contributed by atoms with E-state index >= 15 is 0 Å². The summed E-state index contributed by atoms with van der Waals surface area (Å²) in [5.74, 6) is -0.874. The van der Waals surface area contributed by atoms with Gasteiger partial charge in [-0.3, -0.25) is 9.69 Å². The molecular formula is C23H23NO2. The zero-order valence-electron chi connectivity index (χ0n) is 14.7. The maximum Gasteiger partial charge on any atom is 0.306 e. The molecule has 132 valence electrons. The Hall–Kier alpha value is -2.65. The van der Waals surface area contributed by atoms with Crippen molar-refractivity contribution in [2.24, 2.45) is 5.92 Å². The zero-order chi connectivity index (χ0) is 17.9. The van der Waals surface area contributed by atoms with Crippen LogP contribution in [-0.4, -0.2) is 29.1 Å². The van der Waals surface area contributed by atoms with Crippen molar-refractivity contribution in [2.45, 2.75) is 18.9 Å². The zero-order valence-corrected chi connectivity index (χ0v) is 14.7. The Balaban J connectivity index is 1.76. The van der Waals surface area contributed by atoms with Gasteiger partial charge < -0.3 is 5.11 Å². The molecule has 0 saturated carbocycles. The van der Waals surface area contributed by atoms with E-state index in [1.54, 1.807) is 0 Å². The fraction of sp³-hybridized carbons (Fsp3) is 0.261. The third kappa shape index (κ3) is 3.23. The number of rotatable bonds is 4. The maximum absolute atomic E-state index is 11.3. The van der Waals surface area contributed by atoms with Crippen LogP contribution >= 0.6 is 0 Å². The summed E-state index contributed by atoms with van der Waals surface area (Å²) in [5, 5.41) is 11.8. The minimum absolute atomic E-state index is 0.150. The number of hydrogen-bond donors (Lipinski definition) is 1. The van der Waals surface area contributed by atoms with E-state index in [0.29, 0.717) is 12.8 Å². The summed E-state index contributed by atoms with van der Waals surface area (Å²) in [4.78, 5) is 13.8. The molecule has 1 unspecified atom stereocenters. The minimum atomic E-state index is -0.661. The molecule has 1 fully saturated rings. The maximum atomic E-state index is 11.3. The lowest BCUT2D eigenvalue weighted by atomic mass is 9.89. The van der Waals surface area contributed by atoms with Crippen LogP contribution in [0, 0.1) is 5.92 Å². The molecule has 0 spiro atoms.